The first-order valence-electron chi connectivity index (χ1n) is 6.22. The summed E-state index contributed by atoms with van der Waals surface area (Å²) in [7, 11) is 0. The van der Waals surface area contributed by atoms with E-state index < -0.39 is 0 Å². The van der Waals surface area contributed by atoms with Gasteiger partial charge in [0.15, 0.2) is 0 Å². The third-order valence-corrected chi connectivity index (χ3v) is 3.02. The van der Waals surface area contributed by atoms with Gasteiger partial charge < -0.3 is 0 Å². The molecule has 0 bridgehead atoms. The van der Waals surface area contributed by atoms with E-state index in [0.29, 0.717) is 11.6 Å². The molecule has 1 heteroatoms. The summed E-state index contributed by atoms with van der Waals surface area (Å²) in [6.07, 6.45) is 5.20. The average Bonchev–Trinajstić information content (AvgIpc) is 2.03. The molecule has 0 atom stereocenters. The summed E-state index contributed by atoms with van der Waals surface area (Å²) in [4.78, 5) is 2.65. The number of unbranched alkanes of at least 4 members (excludes halogenated alkanes) is 1. The molecule has 0 aromatic rings. The zero-order chi connectivity index (χ0) is 11.2. The minimum absolute atomic E-state index is 0.373. The smallest absolute Gasteiger partial charge is 0.0155 e. The highest BCUT2D eigenvalue weighted by atomic mass is 15.2. The second-order valence-corrected chi connectivity index (χ2v) is 5.20. The van der Waals surface area contributed by atoms with Crippen LogP contribution in [0.5, 0.6) is 0 Å². The van der Waals surface area contributed by atoms with E-state index in [2.05, 4.69) is 46.4 Å². The van der Waals surface area contributed by atoms with Gasteiger partial charge in [0.05, 0.1) is 0 Å². The number of hydrogen-bond acceptors (Lipinski definition) is 1. The SMILES string of the molecule is CCCCN(C(C)C)C(C)(C)CCC. The first kappa shape index (κ1) is 14.0. The average molecular weight is 199 g/mol. The van der Waals surface area contributed by atoms with Gasteiger partial charge in [0.2, 0.25) is 0 Å². The zero-order valence-electron chi connectivity index (χ0n) is 11.1. The Labute approximate surface area is 90.9 Å². The molecule has 0 aliphatic rings. The lowest BCUT2D eigenvalue weighted by atomic mass is 9.94. The minimum Gasteiger partial charge on any atom is -0.296 e. The van der Waals surface area contributed by atoms with Gasteiger partial charge in [-0.25, -0.2) is 0 Å². The standard InChI is InChI=1S/C13H29N/c1-7-9-11-14(12(3)4)13(5,6)10-8-2/h12H,7-11H2,1-6H3. The Hall–Kier alpha value is -0.0400. The van der Waals surface area contributed by atoms with Crippen LogP contribution in [-0.4, -0.2) is 23.0 Å². The van der Waals surface area contributed by atoms with Gasteiger partial charge in [-0.05, 0) is 47.1 Å². The van der Waals surface area contributed by atoms with Gasteiger partial charge >= 0.3 is 0 Å². The molecular formula is C13H29N. The van der Waals surface area contributed by atoms with Crippen molar-refractivity contribution in [2.75, 3.05) is 6.54 Å². The summed E-state index contributed by atoms with van der Waals surface area (Å²) in [5, 5.41) is 0. The molecule has 0 unspecified atom stereocenters. The predicted molar refractivity (Wildman–Crippen MR) is 65.7 cm³/mol. The molecule has 0 aliphatic carbocycles. The van der Waals surface area contributed by atoms with Crippen LogP contribution in [-0.2, 0) is 0 Å². The molecular weight excluding hydrogens is 170 g/mol. The van der Waals surface area contributed by atoms with Crippen LogP contribution in [0, 0.1) is 0 Å². The Kier molecular flexibility index (Phi) is 6.43. The summed E-state index contributed by atoms with van der Waals surface area (Å²) in [5.74, 6) is 0. The molecule has 0 aliphatic heterocycles. The fourth-order valence-corrected chi connectivity index (χ4v) is 2.34. The third kappa shape index (κ3) is 4.45. The van der Waals surface area contributed by atoms with Crippen LogP contribution < -0.4 is 0 Å². The lowest BCUT2D eigenvalue weighted by Gasteiger charge is -2.41. The van der Waals surface area contributed by atoms with Crippen molar-refractivity contribution < 1.29 is 0 Å². The summed E-state index contributed by atoms with van der Waals surface area (Å²) in [6.45, 7) is 15.2. The van der Waals surface area contributed by atoms with E-state index in [0.717, 1.165) is 0 Å². The van der Waals surface area contributed by atoms with Crippen molar-refractivity contribution in [2.45, 2.75) is 78.8 Å². The highest BCUT2D eigenvalue weighted by Crippen LogP contribution is 2.23. The van der Waals surface area contributed by atoms with E-state index in [-0.39, 0.29) is 0 Å². The summed E-state index contributed by atoms with van der Waals surface area (Å²) >= 11 is 0. The molecule has 86 valence electrons. The normalized spacial score (nSPS) is 12.9. The van der Waals surface area contributed by atoms with Gasteiger partial charge in [-0.3, -0.25) is 4.90 Å². The molecule has 0 fully saturated rings. The maximum Gasteiger partial charge on any atom is 0.0155 e. The molecule has 0 spiro atoms. The lowest BCUT2D eigenvalue weighted by Crippen LogP contribution is -2.48. The van der Waals surface area contributed by atoms with Gasteiger partial charge in [0.25, 0.3) is 0 Å². The largest absolute Gasteiger partial charge is 0.296 e. The van der Waals surface area contributed by atoms with Crippen molar-refractivity contribution in [1.82, 2.24) is 4.90 Å². The molecule has 0 saturated carbocycles. The Morgan fingerprint density at radius 2 is 1.64 bits per heavy atom. The summed E-state index contributed by atoms with van der Waals surface area (Å²) in [6, 6.07) is 0.670. The van der Waals surface area contributed by atoms with Crippen LogP contribution in [0.4, 0.5) is 0 Å². The summed E-state index contributed by atoms with van der Waals surface area (Å²) in [5.41, 5.74) is 0.373. The molecule has 0 radical (unpaired) electrons. The van der Waals surface area contributed by atoms with Crippen LogP contribution in [0.15, 0.2) is 0 Å². The van der Waals surface area contributed by atoms with Crippen LogP contribution in [0.1, 0.15) is 67.2 Å². The monoisotopic (exact) mass is 199 g/mol. The van der Waals surface area contributed by atoms with Crippen LogP contribution >= 0.6 is 0 Å². The summed E-state index contributed by atoms with van der Waals surface area (Å²) < 4.78 is 0. The van der Waals surface area contributed by atoms with Crippen LogP contribution in [0.2, 0.25) is 0 Å². The van der Waals surface area contributed by atoms with Gasteiger partial charge in [-0.2, -0.15) is 0 Å². The van der Waals surface area contributed by atoms with Gasteiger partial charge in [0.1, 0.15) is 0 Å². The molecule has 0 amide bonds. The highest BCUT2D eigenvalue weighted by molar-refractivity contribution is 4.83. The van der Waals surface area contributed by atoms with E-state index in [4.69, 9.17) is 0 Å². The highest BCUT2D eigenvalue weighted by Gasteiger charge is 2.26. The van der Waals surface area contributed by atoms with Crippen molar-refractivity contribution in [1.29, 1.82) is 0 Å². The Bertz CT molecular complexity index is 138. The first-order chi connectivity index (χ1) is 6.45. The molecule has 0 aromatic heterocycles. The van der Waals surface area contributed by atoms with Gasteiger partial charge in [-0.1, -0.05) is 26.7 Å². The van der Waals surface area contributed by atoms with Crippen LogP contribution in [0.3, 0.4) is 0 Å². The second kappa shape index (κ2) is 6.44. The molecule has 0 rings (SSSR count). The molecule has 0 aromatic carbocycles. The van der Waals surface area contributed by atoms with E-state index >= 15 is 0 Å². The molecule has 0 heterocycles. The lowest BCUT2D eigenvalue weighted by molar-refractivity contribution is 0.0745. The van der Waals surface area contributed by atoms with Gasteiger partial charge in [0, 0.05) is 11.6 Å². The van der Waals surface area contributed by atoms with Crippen LogP contribution in [0.25, 0.3) is 0 Å². The number of rotatable bonds is 7. The Balaban J connectivity index is 4.30. The number of hydrogen-bond donors (Lipinski definition) is 0. The van der Waals surface area contributed by atoms with Gasteiger partial charge in [-0.15, -0.1) is 0 Å². The molecule has 1 nitrogen and oxygen atoms in total. The molecule has 14 heavy (non-hydrogen) atoms. The predicted octanol–water partition coefficient (Wildman–Crippen LogP) is 4.08. The second-order valence-electron chi connectivity index (χ2n) is 5.20. The van der Waals surface area contributed by atoms with Crippen molar-refractivity contribution in [2.24, 2.45) is 0 Å². The zero-order valence-corrected chi connectivity index (χ0v) is 11.1. The minimum atomic E-state index is 0.373. The van der Waals surface area contributed by atoms with Crippen molar-refractivity contribution in [3.63, 3.8) is 0 Å². The maximum absolute atomic E-state index is 2.65. The van der Waals surface area contributed by atoms with Crippen molar-refractivity contribution in [3.05, 3.63) is 0 Å². The van der Waals surface area contributed by atoms with E-state index in [9.17, 15) is 0 Å². The molecule has 0 N–H and O–H groups in total. The van der Waals surface area contributed by atoms with E-state index in [1.165, 1.54) is 32.2 Å². The first-order valence-corrected chi connectivity index (χ1v) is 6.22. The van der Waals surface area contributed by atoms with Crippen molar-refractivity contribution >= 4 is 0 Å². The fourth-order valence-electron chi connectivity index (χ4n) is 2.34. The fraction of sp³-hybridized carbons (Fsp3) is 1.00. The number of nitrogens with zero attached hydrogens (tertiary/aromatic N) is 1. The third-order valence-electron chi connectivity index (χ3n) is 3.02. The molecule has 0 saturated heterocycles. The Morgan fingerprint density at radius 1 is 1.07 bits per heavy atom. The van der Waals surface area contributed by atoms with Crippen molar-refractivity contribution in [3.8, 4) is 0 Å². The maximum atomic E-state index is 2.65. The van der Waals surface area contributed by atoms with E-state index in [1.807, 2.05) is 0 Å². The Morgan fingerprint density at radius 3 is 2.00 bits per heavy atom. The quantitative estimate of drug-likeness (QED) is 0.597. The topological polar surface area (TPSA) is 3.24 Å². The van der Waals surface area contributed by atoms with E-state index in [1.54, 1.807) is 0 Å².